The zero-order chi connectivity index (χ0) is 22.8. The Morgan fingerprint density at radius 1 is 1.32 bits per heavy atom. The molecule has 0 N–H and O–H groups in total. The Kier molecular flexibility index (Phi) is 9.26. The Morgan fingerprint density at radius 3 is 2.58 bits per heavy atom. The maximum Gasteiger partial charge on any atom is 0.269 e. The lowest BCUT2D eigenvalue weighted by Crippen LogP contribution is -1.99. The number of nitro benzene ring substituents is 1. The van der Waals surface area contributed by atoms with E-state index < -0.39 is 16.9 Å². The van der Waals surface area contributed by atoms with Gasteiger partial charge in [0.05, 0.1) is 11.3 Å². The molecule has 3 aromatic rings. The van der Waals surface area contributed by atoms with Crippen LogP contribution in [0.15, 0.2) is 66.5 Å². The van der Waals surface area contributed by atoms with E-state index in [2.05, 4.69) is 28.5 Å². The highest BCUT2D eigenvalue weighted by atomic mass is 32.2. The zero-order valence-electron chi connectivity index (χ0n) is 17.2. The topological polar surface area (TPSA) is 86.7 Å². The average molecular weight is 448 g/mol. The Morgan fingerprint density at radius 2 is 2.00 bits per heavy atom. The Hall–Kier alpha value is -3.14. The van der Waals surface area contributed by atoms with Crippen molar-refractivity contribution in [3.8, 4) is 0 Å². The number of benzene rings is 1. The highest BCUT2D eigenvalue weighted by molar-refractivity contribution is 7.98. The van der Waals surface area contributed by atoms with E-state index in [1.807, 2.05) is 6.08 Å². The van der Waals surface area contributed by atoms with Gasteiger partial charge in [-0.05, 0) is 25.0 Å². The molecule has 0 aliphatic carbocycles. The molecule has 10 heteroatoms. The lowest BCUT2D eigenvalue weighted by Gasteiger charge is -2.04. The monoisotopic (exact) mass is 447 g/mol. The summed E-state index contributed by atoms with van der Waals surface area (Å²) in [5.74, 6) is -0.288. The van der Waals surface area contributed by atoms with Gasteiger partial charge in [-0.1, -0.05) is 36.9 Å². The first-order chi connectivity index (χ1) is 14.9. The molecule has 31 heavy (non-hydrogen) atoms. The van der Waals surface area contributed by atoms with Crippen LogP contribution in [0.5, 0.6) is 0 Å². The molecule has 0 fully saturated rings. The summed E-state index contributed by atoms with van der Waals surface area (Å²) in [7, 11) is 0. The second-order valence-electron chi connectivity index (χ2n) is 6.36. The summed E-state index contributed by atoms with van der Waals surface area (Å²) in [6, 6.07) is 6.28. The van der Waals surface area contributed by atoms with Crippen molar-refractivity contribution in [1.82, 2.24) is 19.5 Å². The average Bonchev–Trinajstić information content (AvgIpc) is 3.20. The molecule has 0 spiro atoms. The number of allylic oxidation sites excluding steroid dienone is 3. The SMILES string of the molecule is C=CCC.CC(F)/C(F)=C/Cn1cnc2c(SCc3ccc([N+](=O)[O-])cc3)ncnc21. The number of imidazole rings is 1. The Balaban J connectivity index is 0.000000785. The van der Waals surface area contributed by atoms with Gasteiger partial charge in [0, 0.05) is 24.4 Å². The van der Waals surface area contributed by atoms with Crippen molar-refractivity contribution in [1.29, 1.82) is 0 Å². The first-order valence-electron chi connectivity index (χ1n) is 9.49. The van der Waals surface area contributed by atoms with E-state index in [9.17, 15) is 18.9 Å². The van der Waals surface area contributed by atoms with Crippen LogP contribution in [0.3, 0.4) is 0 Å². The molecule has 164 valence electrons. The van der Waals surface area contributed by atoms with Gasteiger partial charge in [0.25, 0.3) is 5.69 Å². The largest absolute Gasteiger partial charge is 0.311 e. The molecule has 1 atom stereocenters. The second kappa shape index (κ2) is 11.9. The third-order valence-corrected chi connectivity index (χ3v) is 5.09. The van der Waals surface area contributed by atoms with Crippen LogP contribution < -0.4 is 0 Å². The highest BCUT2D eigenvalue weighted by Crippen LogP contribution is 2.27. The van der Waals surface area contributed by atoms with Gasteiger partial charge in [-0.25, -0.2) is 23.7 Å². The fraction of sp³-hybridized carbons (Fsp3) is 0.286. The first-order valence-corrected chi connectivity index (χ1v) is 10.5. The van der Waals surface area contributed by atoms with Crippen molar-refractivity contribution in [3.63, 3.8) is 0 Å². The maximum absolute atomic E-state index is 13.4. The number of nitro groups is 1. The lowest BCUT2D eigenvalue weighted by molar-refractivity contribution is -0.384. The van der Waals surface area contributed by atoms with Gasteiger partial charge in [-0.2, -0.15) is 0 Å². The van der Waals surface area contributed by atoms with Crippen molar-refractivity contribution in [3.05, 3.63) is 77.2 Å². The number of alkyl halides is 1. The van der Waals surface area contributed by atoms with Crippen LogP contribution in [0.2, 0.25) is 0 Å². The number of hydrogen-bond donors (Lipinski definition) is 0. The molecule has 0 bridgehead atoms. The molecule has 1 unspecified atom stereocenters. The number of thioether (sulfide) groups is 1. The summed E-state index contributed by atoms with van der Waals surface area (Å²) < 4.78 is 27.9. The van der Waals surface area contributed by atoms with Crippen LogP contribution in [0.1, 0.15) is 25.8 Å². The lowest BCUT2D eigenvalue weighted by atomic mass is 10.2. The molecular weight excluding hydrogens is 424 g/mol. The molecule has 0 amide bonds. The number of fused-ring (bicyclic) bond motifs is 1. The maximum atomic E-state index is 13.4. The van der Waals surface area contributed by atoms with E-state index in [0.717, 1.165) is 25.0 Å². The standard InChI is InChI=1S/C17H15F2N5O2S.C4H8/c1-11(18)14(19)6-7-23-10-22-15-16(23)20-9-21-17(15)27-8-12-2-4-13(5-3-12)24(25)26;1-3-4-2/h2-6,9-11H,7-8H2,1H3;3H,1,4H2,2H3/b14-6-;. The Bertz CT molecular complexity index is 1050. The second-order valence-corrected chi connectivity index (χ2v) is 7.33. The van der Waals surface area contributed by atoms with E-state index in [1.165, 1.54) is 36.5 Å². The van der Waals surface area contributed by atoms with Gasteiger partial charge in [0.15, 0.2) is 5.65 Å². The van der Waals surface area contributed by atoms with Gasteiger partial charge >= 0.3 is 0 Å². The van der Waals surface area contributed by atoms with Crippen LogP contribution >= 0.6 is 11.8 Å². The van der Waals surface area contributed by atoms with Gasteiger partial charge in [0.2, 0.25) is 0 Å². The molecule has 0 aliphatic rings. The molecule has 3 rings (SSSR count). The minimum absolute atomic E-state index is 0.0369. The predicted molar refractivity (Wildman–Crippen MR) is 118 cm³/mol. The minimum atomic E-state index is -1.65. The number of aromatic nitrogens is 4. The highest BCUT2D eigenvalue weighted by Gasteiger charge is 2.12. The molecule has 0 saturated carbocycles. The van der Waals surface area contributed by atoms with Gasteiger partial charge in [0.1, 0.15) is 28.9 Å². The number of halogens is 2. The molecule has 0 aliphatic heterocycles. The smallest absolute Gasteiger partial charge is 0.269 e. The quantitative estimate of drug-likeness (QED) is 0.142. The summed E-state index contributed by atoms with van der Waals surface area (Å²) in [6.07, 6.45) is 5.35. The predicted octanol–water partition coefficient (Wildman–Crippen LogP) is 5.82. The van der Waals surface area contributed by atoms with Crippen LogP contribution in [0.25, 0.3) is 11.2 Å². The summed E-state index contributed by atoms with van der Waals surface area (Å²) in [5, 5.41) is 11.3. The molecular formula is C21H23F2N5O2S. The van der Waals surface area contributed by atoms with E-state index in [1.54, 1.807) is 16.7 Å². The van der Waals surface area contributed by atoms with Crippen molar-refractivity contribution in [2.24, 2.45) is 0 Å². The fourth-order valence-electron chi connectivity index (χ4n) is 2.31. The first kappa shape index (κ1) is 24.1. The molecule has 2 aromatic heterocycles. The molecule has 2 heterocycles. The summed E-state index contributed by atoms with van der Waals surface area (Å²) in [5.41, 5.74) is 2.02. The third-order valence-electron chi connectivity index (χ3n) is 4.04. The van der Waals surface area contributed by atoms with Crippen molar-refractivity contribution < 1.29 is 13.7 Å². The normalized spacial score (nSPS) is 12.2. The van der Waals surface area contributed by atoms with Gasteiger partial charge in [-0.15, -0.1) is 6.58 Å². The molecule has 0 saturated heterocycles. The van der Waals surface area contributed by atoms with Crippen molar-refractivity contribution in [2.75, 3.05) is 0 Å². The van der Waals surface area contributed by atoms with Crippen LogP contribution in [0.4, 0.5) is 14.5 Å². The van der Waals surface area contributed by atoms with E-state index in [-0.39, 0.29) is 12.2 Å². The fourth-order valence-corrected chi connectivity index (χ4v) is 3.21. The van der Waals surface area contributed by atoms with Crippen LogP contribution in [0, 0.1) is 10.1 Å². The molecule has 1 aromatic carbocycles. The van der Waals surface area contributed by atoms with E-state index in [0.29, 0.717) is 21.9 Å². The Labute approximate surface area is 183 Å². The van der Waals surface area contributed by atoms with Crippen molar-refractivity contribution in [2.45, 2.75) is 43.8 Å². The van der Waals surface area contributed by atoms with Gasteiger partial charge in [-0.3, -0.25) is 10.1 Å². The third kappa shape index (κ3) is 6.95. The minimum Gasteiger partial charge on any atom is -0.311 e. The van der Waals surface area contributed by atoms with Gasteiger partial charge < -0.3 is 4.57 Å². The zero-order valence-corrected chi connectivity index (χ0v) is 18.1. The van der Waals surface area contributed by atoms with Crippen LogP contribution in [-0.4, -0.2) is 30.6 Å². The summed E-state index contributed by atoms with van der Waals surface area (Å²) >= 11 is 1.41. The summed E-state index contributed by atoms with van der Waals surface area (Å²) in [4.78, 5) is 22.9. The number of nitrogens with zero attached hydrogens (tertiary/aromatic N) is 5. The molecule has 0 radical (unpaired) electrons. The van der Waals surface area contributed by atoms with Crippen molar-refractivity contribution >= 4 is 28.6 Å². The van der Waals surface area contributed by atoms with E-state index in [4.69, 9.17) is 0 Å². The molecule has 7 nitrogen and oxygen atoms in total. The van der Waals surface area contributed by atoms with Crippen LogP contribution in [-0.2, 0) is 12.3 Å². The number of non-ortho nitro benzene ring substituents is 1. The summed E-state index contributed by atoms with van der Waals surface area (Å²) in [6.45, 7) is 6.78. The van der Waals surface area contributed by atoms with E-state index >= 15 is 0 Å². The number of rotatable bonds is 8. The number of hydrogen-bond acceptors (Lipinski definition) is 6.